The highest BCUT2D eigenvalue weighted by Gasteiger charge is 2.17. The smallest absolute Gasteiger partial charge is 0.156 e. The van der Waals surface area contributed by atoms with Crippen LogP contribution in [0.2, 0.25) is 15.1 Å². The van der Waals surface area contributed by atoms with Crippen LogP contribution in [-0.2, 0) is 6.42 Å². The second-order valence-corrected chi connectivity index (χ2v) is 10.2. The zero-order valence-electron chi connectivity index (χ0n) is 21.3. The maximum absolute atomic E-state index is 6.40. The Morgan fingerprint density at radius 2 is 1.47 bits per heavy atom. The van der Waals surface area contributed by atoms with Gasteiger partial charge in [-0.1, -0.05) is 77.3 Å². The number of rotatable bonds is 11. The number of ether oxygens (including phenoxy) is 3. The lowest BCUT2D eigenvalue weighted by Crippen LogP contribution is -2.16. The molecule has 0 radical (unpaired) electrons. The summed E-state index contributed by atoms with van der Waals surface area (Å²) >= 11 is 18.9. The molecule has 0 heterocycles. The molecule has 38 heavy (non-hydrogen) atoms. The summed E-state index contributed by atoms with van der Waals surface area (Å²) in [5, 5.41) is 1.68. The monoisotopic (exact) mass is 569 g/mol. The van der Waals surface area contributed by atoms with Crippen LogP contribution < -0.4 is 19.9 Å². The third-order valence-corrected chi connectivity index (χ3v) is 7.18. The van der Waals surface area contributed by atoms with Gasteiger partial charge in [0.25, 0.3) is 0 Å². The Hall–Kier alpha value is -2.89. The lowest BCUT2D eigenvalue weighted by molar-refractivity contribution is 0.217. The summed E-state index contributed by atoms with van der Waals surface area (Å²) in [6.07, 6.45) is 0.770. The molecule has 1 unspecified atom stereocenters. The molecule has 0 bridgehead atoms. The molecule has 7 heteroatoms. The van der Waals surface area contributed by atoms with Crippen molar-refractivity contribution >= 4 is 34.8 Å². The maximum atomic E-state index is 6.40. The summed E-state index contributed by atoms with van der Waals surface area (Å²) in [6, 6.07) is 25.6. The van der Waals surface area contributed by atoms with Crippen LogP contribution >= 0.6 is 34.8 Å². The van der Waals surface area contributed by atoms with Crippen LogP contribution in [0, 0.1) is 6.92 Å². The van der Waals surface area contributed by atoms with Gasteiger partial charge >= 0.3 is 0 Å². The number of halogens is 3. The maximum Gasteiger partial charge on any atom is 0.156 e. The van der Waals surface area contributed by atoms with Gasteiger partial charge in [-0.05, 0) is 78.5 Å². The number of benzene rings is 4. The van der Waals surface area contributed by atoms with Crippen molar-refractivity contribution in [2.24, 2.45) is 5.73 Å². The number of hydrogen-bond donors (Lipinski definition) is 1. The standard InChI is InChI=1S/C31H30Cl3NO3/c1-20-15-28(33)31(29(34)16-20)38-14-13-37-24-10-7-21(8-11-24)17-23(19-35)26-12-9-22(18-30(26)36-2)25-5-3-4-6-27(25)32/h3-12,15-16,18,23H,13-14,17,19,35H2,1-2H3. The highest BCUT2D eigenvalue weighted by atomic mass is 35.5. The number of methoxy groups -OCH3 is 1. The minimum absolute atomic E-state index is 0.0921. The SMILES string of the molecule is COc1cc(-c2ccccc2Cl)ccc1C(CN)Cc1ccc(OCCOc2c(Cl)cc(C)cc2Cl)cc1. The first kappa shape index (κ1) is 28.1. The van der Waals surface area contributed by atoms with E-state index in [1.807, 2.05) is 61.5 Å². The van der Waals surface area contributed by atoms with E-state index in [0.29, 0.717) is 40.6 Å². The van der Waals surface area contributed by atoms with E-state index in [4.69, 9.17) is 54.7 Å². The van der Waals surface area contributed by atoms with Gasteiger partial charge in [-0.2, -0.15) is 0 Å². The van der Waals surface area contributed by atoms with Crippen LogP contribution in [0.5, 0.6) is 17.2 Å². The van der Waals surface area contributed by atoms with E-state index in [1.165, 1.54) is 0 Å². The highest BCUT2D eigenvalue weighted by Crippen LogP contribution is 2.36. The van der Waals surface area contributed by atoms with Crippen LogP contribution in [0.25, 0.3) is 11.1 Å². The van der Waals surface area contributed by atoms with Crippen molar-refractivity contribution in [2.45, 2.75) is 19.3 Å². The highest BCUT2D eigenvalue weighted by molar-refractivity contribution is 6.37. The first-order valence-corrected chi connectivity index (χ1v) is 13.5. The van der Waals surface area contributed by atoms with Crippen molar-refractivity contribution in [2.75, 3.05) is 26.9 Å². The molecule has 4 aromatic carbocycles. The van der Waals surface area contributed by atoms with Crippen LogP contribution in [0.1, 0.15) is 22.6 Å². The van der Waals surface area contributed by atoms with Crippen LogP contribution in [0.4, 0.5) is 0 Å². The summed E-state index contributed by atoms with van der Waals surface area (Å²) in [5.74, 6) is 2.12. The molecule has 0 aliphatic heterocycles. The van der Waals surface area contributed by atoms with Gasteiger partial charge in [0.1, 0.15) is 24.7 Å². The van der Waals surface area contributed by atoms with Crippen molar-refractivity contribution < 1.29 is 14.2 Å². The van der Waals surface area contributed by atoms with Crippen molar-refractivity contribution in [3.05, 3.63) is 111 Å². The first-order chi connectivity index (χ1) is 18.4. The Morgan fingerprint density at radius 3 is 2.13 bits per heavy atom. The molecule has 2 N–H and O–H groups in total. The van der Waals surface area contributed by atoms with E-state index < -0.39 is 0 Å². The minimum Gasteiger partial charge on any atom is -0.496 e. The Balaban J connectivity index is 1.37. The van der Waals surface area contributed by atoms with Crippen LogP contribution in [-0.4, -0.2) is 26.9 Å². The van der Waals surface area contributed by atoms with Crippen LogP contribution in [0.15, 0.2) is 78.9 Å². The molecule has 4 rings (SSSR count). The fourth-order valence-electron chi connectivity index (χ4n) is 4.37. The van der Waals surface area contributed by atoms with Crippen molar-refractivity contribution in [1.29, 1.82) is 0 Å². The number of aryl methyl sites for hydroxylation is 1. The summed E-state index contributed by atoms with van der Waals surface area (Å²) in [5.41, 5.74) is 11.4. The molecule has 1 atom stereocenters. The second-order valence-electron chi connectivity index (χ2n) is 8.97. The normalized spacial score (nSPS) is 11.7. The summed E-state index contributed by atoms with van der Waals surface area (Å²) in [6.45, 7) is 3.10. The quantitative estimate of drug-likeness (QED) is 0.184. The number of nitrogens with two attached hydrogens (primary N) is 1. The molecule has 0 aromatic heterocycles. The molecule has 0 saturated carbocycles. The lowest BCUT2D eigenvalue weighted by Gasteiger charge is -2.20. The molecule has 0 amide bonds. The van der Waals surface area contributed by atoms with Gasteiger partial charge < -0.3 is 19.9 Å². The molecule has 0 aliphatic rings. The Kier molecular flexibility index (Phi) is 9.81. The van der Waals surface area contributed by atoms with E-state index in [0.717, 1.165) is 45.7 Å². The van der Waals surface area contributed by atoms with E-state index in [2.05, 4.69) is 24.3 Å². The third-order valence-electron chi connectivity index (χ3n) is 6.29. The fourth-order valence-corrected chi connectivity index (χ4v) is 5.32. The minimum atomic E-state index is 0.0921. The fraction of sp³-hybridized carbons (Fsp3) is 0.226. The van der Waals surface area contributed by atoms with E-state index >= 15 is 0 Å². The van der Waals surface area contributed by atoms with Gasteiger partial charge in [0.2, 0.25) is 0 Å². The summed E-state index contributed by atoms with van der Waals surface area (Å²) < 4.78 is 17.3. The second kappa shape index (κ2) is 13.3. The first-order valence-electron chi connectivity index (χ1n) is 12.3. The molecule has 0 saturated heterocycles. The Labute approximate surface area is 239 Å². The molecule has 0 spiro atoms. The third kappa shape index (κ3) is 6.95. The van der Waals surface area contributed by atoms with E-state index in [9.17, 15) is 0 Å². The van der Waals surface area contributed by atoms with Crippen molar-refractivity contribution in [3.63, 3.8) is 0 Å². The van der Waals surface area contributed by atoms with Crippen molar-refractivity contribution in [1.82, 2.24) is 0 Å². The van der Waals surface area contributed by atoms with Crippen LogP contribution in [0.3, 0.4) is 0 Å². The molecular formula is C31H30Cl3NO3. The zero-order valence-corrected chi connectivity index (χ0v) is 23.6. The predicted octanol–water partition coefficient (Wildman–Crippen LogP) is 8.37. The average Bonchev–Trinajstić information content (AvgIpc) is 2.91. The molecule has 4 nitrogen and oxygen atoms in total. The largest absolute Gasteiger partial charge is 0.496 e. The number of hydrogen-bond acceptors (Lipinski definition) is 4. The van der Waals surface area contributed by atoms with Gasteiger partial charge in [-0.25, -0.2) is 0 Å². The van der Waals surface area contributed by atoms with Crippen molar-refractivity contribution in [3.8, 4) is 28.4 Å². The molecule has 0 fully saturated rings. The van der Waals surface area contributed by atoms with E-state index in [-0.39, 0.29) is 5.92 Å². The Bertz CT molecular complexity index is 1350. The lowest BCUT2D eigenvalue weighted by atomic mass is 9.90. The Morgan fingerprint density at radius 1 is 0.789 bits per heavy atom. The van der Waals surface area contributed by atoms with Gasteiger partial charge in [0, 0.05) is 16.5 Å². The molecule has 198 valence electrons. The molecule has 0 aliphatic carbocycles. The van der Waals surface area contributed by atoms with Gasteiger partial charge in [0.05, 0.1) is 17.2 Å². The topological polar surface area (TPSA) is 53.7 Å². The van der Waals surface area contributed by atoms with Gasteiger partial charge in [-0.15, -0.1) is 0 Å². The summed E-state index contributed by atoms with van der Waals surface area (Å²) in [7, 11) is 1.68. The zero-order chi connectivity index (χ0) is 27.1. The molecular weight excluding hydrogens is 541 g/mol. The van der Waals surface area contributed by atoms with E-state index in [1.54, 1.807) is 7.11 Å². The average molecular weight is 571 g/mol. The van der Waals surface area contributed by atoms with Gasteiger partial charge in [-0.3, -0.25) is 0 Å². The predicted molar refractivity (Wildman–Crippen MR) is 158 cm³/mol. The molecule has 4 aromatic rings. The summed E-state index contributed by atoms with van der Waals surface area (Å²) in [4.78, 5) is 0. The van der Waals surface area contributed by atoms with Gasteiger partial charge in [0.15, 0.2) is 5.75 Å².